The highest BCUT2D eigenvalue weighted by molar-refractivity contribution is 5.04. The van der Waals surface area contributed by atoms with E-state index in [0.29, 0.717) is 5.92 Å². The van der Waals surface area contributed by atoms with Crippen molar-refractivity contribution in [2.24, 2.45) is 5.92 Å². The molecule has 0 bridgehead atoms. The zero-order valence-electron chi connectivity index (χ0n) is 11.1. The fourth-order valence-electron chi connectivity index (χ4n) is 2.36. The minimum atomic E-state index is -0.477. The normalized spacial score (nSPS) is 19.6. The van der Waals surface area contributed by atoms with Crippen LogP contribution in [0.1, 0.15) is 32.9 Å². The van der Waals surface area contributed by atoms with Gasteiger partial charge in [0.2, 0.25) is 0 Å². The Kier molecular flexibility index (Phi) is 3.54. The quantitative estimate of drug-likeness (QED) is 0.843. The van der Waals surface area contributed by atoms with E-state index in [2.05, 4.69) is 35.2 Å². The lowest BCUT2D eigenvalue weighted by Gasteiger charge is -2.49. The van der Waals surface area contributed by atoms with Crippen molar-refractivity contribution in [2.75, 3.05) is 13.1 Å². The van der Waals surface area contributed by atoms with Gasteiger partial charge in [0, 0.05) is 32.4 Å². The summed E-state index contributed by atoms with van der Waals surface area (Å²) in [6, 6.07) is 0. The van der Waals surface area contributed by atoms with Gasteiger partial charge in [0.1, 0.15) is 0 Å². The highest BCUT2D eigenvalue weighted by Crippen LogP contribution is 2.29. The van der Waals surface area contributed by atoms with Crippen LogP contribution in [-0.2, 0) is 13.1 Å². The molecule has 1 aliphatic rings. The molecular weight excluding hydrogens is 214 g/mol. The third-order valence-corrected chi connectivity index (χ3v) is 3.72. The van der Waals surface area contributed by atoms with Gasteiger partial charge in [0.05, 0.1) is 17.6 Å². The molecule has 17 heavy (non-hydrogen) atoms. The first kappa shape index (κ1) is 12.6. The van der Waals surface area contributed by atoms with Crippen molar-refractivity contribution in [3.05, 3.63) is 18.2 Å². The Balaban J connectivity index is 1.89. The summed E-state index contributed by atoms with van der Waals surface area (Å²) in [5.41, 5.74) is 0.771. The summed E-state index contributed by atoms with van der Waals surface area (Å²) in [5.74, 6) is 0.333. The maximum Gasteiger partial charge on any atom is 0.0948 e. The van der Waals surface area contributed by atoms with Crippen LogP contribution >= 0.6 is 0 Å². The molecule has 1 fully saturated rings. The van der Waals surface area contributed by atoms with E-state index in [0.717, 1.165) is 32.6 Å². The molecule has 0 atom stereocenters. The monoisotopic (exact) mass is 237 g/mol. The number of aromatic nitrogens is 2. The minimum absolute atomic E-state index is 0.333. The first-order valence-electron chi connectivity index (χ1n) is 6.49. The van der Waals surface area contributed by atoms with Gasteiger partial charge in [-0.3, -0.25) is 4.90 Å². The van der Waals surface area contributed by atoms with Crippen molar-refractivity contribution in [2.45, 2.75) is 45.9 Å². The third-order valence-electron chi connectivity index (χ3n) is 3.72. The molecule has 1 saturated heterocycles. The van der Waals surface area contributed by atoms with Gasteiger partial charge < -0.3 is 9.67 Å². The molecule has 1 N–H and O–H groups in total. The zero-order valence-corrected chi connectivity index (χ0v) is 11.1. The Bertz CT molecular complexity index is 366. The summed E-state index contributed by atoms with van der Waals surface area (Å²) in [5, 5.41) is 10.2. The highest BCUT2D eigenvalue weighted by atomic mass is 16.3. The lowest BCUT2D eigenvalue weighted by Crippen LogP contribution is -2.63. The van der Waals surface area contributed by atoms with E-state index in [-0.39, 0.29) is 0 Å². The number of aliphatic hydroxyl groups is 1. The van der Waals surface area contributed by atoms with Crippen molar-refractivity contribution < 1.29 is 5.11 Å². The summed E-state index contributed by atoms with van der Waals surface area (Å²) in [4.78, 5) is 6.48. The molecule has 1 aliphatic heterocycles. The summed E-state index contributed by atoms with van der Waals surface area (Å²) in [6.07, 6.45) is 4.95. The molecule has 4 heteroatoms. The number of rotatable bonds is 5. The van der Waals surface area contributed by atoms with E-state index >= 15 is 0 Å². The molecule has 0 radical (unpaired) electrons. The lowest BCUT2D eigenvalue weighted by atomic mass is 9.83. The number of hydrogen-bond acceptors (Lipinski definition) is 3. The minimum Gasteiger partial charge on any atom is -0.387 e. The van der Waals surface area contributed by atoms with Crippen LogP contribution in [0.4, 0.5) is 0 Å². The first-order valence-corrected chi connectivity index (χ1v) is 6.49. The average molecular weight is 237 g/mol. The molecule has 0 aliphatic carbocycles. The van der Waals surface area contributed by atoms with Crippen molar-refractivity contribution in [1.29, 1.82) is 0 Å². The standard InChI is InChI=1S/C13H23N3O/c1-4-5-16-10-14-6-12(16)7-15-8-13(17,9-15)11(2)3/h6,10-11,17H,4-5,7-9H2,1-3H3. The second-order valence-corrected chi connectivity index (χ2v) is 5.48. The zero-order chi connectivity index (χ0) is 12.5. The van der Waals surface area contributed by atoms with Crippen LogP contribution in [0.5, 0.6) is 0 Å². The maximum atomic E-state index is 10.2. The molecule has 0 unspecified atom stereocenters. The van der Waals surface area contributed by atoms with E-state index in [9.17, 15) is 5.11 Å². The van der Waals surface area contributed by atoms with Crippen molar-refractivity contribution in [3.63, 3.8) is 0 Å². The fraction of sp³-hybridized carbons (Fsp3) is 0.769. The first-order chi connectivity index (χ1) is 8.05. The van der Waals surface area contributed by atoms with E-state index in [1.165, 1.54) is 5.69 Å². The highest BCUT2D eigenvalue weighted by Gasteiger charge is 2.43. The number of β-amino-alcohol motifs (C(OH)–C–C–N with tert-alkyl or cyclic N) is 1. The molecule has 0 amide bonds. The number of aryl methyl sites for hydroxylation is 1. The molecule has 2 heterocycles. The summed E-state index contributed by atoms with van der Waals surface area (Å²) in [7, 11) is 0. The molecule has 1 aromatic rings. The van der Waals surface area contributed by atoms with Gasteiger partial charge in [-0.25, -0.2) is 4.98 Å². The van der Waals surface area contributed by atoms with E-state index < -0.39 is 5.60 Å². The number of likely N-dealkylation sites (tertiary alicyclic amines) is 1. The Morgan fingerprint density at radius 2 is 2.18 bits per heavy atom. The predicted molar refractivity (Wildman–Crippen MR) is 67.6 cm³/mol. The molecule has 0 aromatic carbocycles. The van der Waals surface area contributed by atoms with Gasteiger partial charge in [-0.15, -0.1) is 0 Å². The molecule has 0 saturated carbocycles. The fourth-order valence-corrected chi connectivity index (χ4v) is 2.36. The summed E-state index contributed by atoms with van der Waals surface area (Å²) >= 11 is 0. The van der Waals surface area contributed by atoms with Crippen molar-refractivity contribution >= 4 is 0 Å². The third kappa shape index (κ3) is 2.53. The largest absolute Gasteiger partial charge is 0.387 e. The topological polar surface area (TPSA) is 41.3 Å². The van der Waals surface area contributed by atoms with Crippen LogP contribution in [-0.4, -0.2) is 38.2 Å². The number of imidazole rings is 1. The van der Waals surface area contributed by atoms with E-state index in [4.69, 9.17) is 0 Å². The Morgan fingerprint density at radius 1 is 1.47 bits per heavy atom. The molecular formula is C13H23N3O. The van der Waals surface area contributed by atoms with Gasteiger partial charge in [-0.1, -0.05) is 20.8 Å². The van der Waals surface area contributed by atoms with Crippen LogP contribution in [0, 0.1) is 5.92 Å². The Labute approximate surface area is 103 Å². The van der Waals surface area contributed by atoms with E-state index in [1.807, 2.05) is 12.5 Å². The van der Waals surface area contributed by atoms with Gasteiger partial charge in [0.25, 0.3) is 0 Å². The second-order valence-electron chi connectivity index (χ2n) is 5.48. The SMILES string of the molecule is CCCn1cncc1CN1CC(O)(C(C)C)C1. The number of hydrogen-bond donors (Lipinski definition) is 1. The van der Waals surface area contributed by atoms with Crippen molar-refractivity contribution in [1.82, 2.24) is 14.5 Å². The van der Waals surface area contributed by atoms with Crippen LogP contribution < -0.4 is 0 Å². The lowest BCUT2D eigenvalue weighted by molar-refractivity contribution is -0.131. The van der Waals surface area contributed by atoms with Gasteiger partial charge in [0.15, 0.2) is 0 Å². The van der Waals surface area contributed by atoms with Crippen LogP contribution in [0.15, 0.2) is 12.5 Å². The Morgan fingerprint density at radius 3 is 2.76 bits per heavy atom. The van der Waals surface area contributed by atoms with Crippen LogP contribution in [0.25, 0.3) is 0 Å². The van der Waals surface area contributed by atoms with Gasteiger partial charge in [-0.2, -0.15) is 0 Å². The molecule has 1 aromatic heterocycles. The summed E-state index contributed by atoms with van der Waals surface area (Å²) < 4.78 is 2.20. The second kappa shape index (κ2) is 4.78. The van der Waals surface area contributed by atoms with Crippen LogP contribution in [0.3, 0.4) is 0 Å². The van der Waals surface area contributed by atoms with Gasteiger partial charge in [-0.05, 0) is 12.3 Å². The van der Waals surface area contributed by atoms with Crippen molar-refractivity contribution in [3.8, 4) is 0 Å². The maximum absolute atomic E-state index is 10.2. The average Bonchev–Trinajstić information content (AvgIpc) is 2.63. The molecule has 96 valence electrons. The molecule has 4 nitrogen and oxygen atoms in total. The summed E-state index contributed by atoms with van der Waals surface area (Å²) in [6.45, 7) is 9.82. The Hall–Kier alpha value is -0.870. The predicted octanol–water partition coefficient (Wildman–Crippen LogP) is 1.50. The smallest absolute Gasteiger partial charge is 0.0948 e. The van der Waals surface area contributed by atoms with Crippen LogP contribution in [0.2, 0.25) is 0 Å². The molecule has 2 rings (SSSR count). The van der Waals surface area contributed by atoms with E-state index in [1.54, 1.807) is 0 Å². The molecule has 0 spiro atoms. The van der Waals surface area contributed by atoms with Gasteiger partial charge >= 0.3 is 0 Å². The number of nitrogens with zero attached hydrogens (tertiary/aromatic N) is 3.